The quantitative estimate of drug-likeness (QED) is 0.314. The van der Waals surface area contributed by atoms with E-state index in [1.165, 1.54) is 38.5 Å². The molecule has 0 aromatic heterocycles. The van der Waals surface area contributed by atoms with E-state index in [0.29, 0.717) is 12.8 Å². The SMILES string of the molecule is CCC(NC(=O)CC12CC3CC(CC(C3)C1)C2)C(N)=NO. The molecule has 4 saturated carbocycles. The first kappa shape index (κ1) is 14.7. The van der Waals surface area contributed by atoms with E-state index in [1.54, 1.807) is 0 Å². The Kier molecular flexibility index (Phi) is 3.84. The van der Waals surface area contributed by atoms with Gasteiger partial charge in [-0.3, -0.25) is 4.79 Å². The van der Waals surface area contributed by atoms with Crippen molar-refractivity contribution in [1.82, 2.24) is 5.32 Å². The number of rotatable bonds is 5. The molecule has 0 heterocycles. The zero-order chi connectivity index (χ0) is 15.0. The summed E-state index contributed by atoms with van der Waals surface area (Å²) in [7, 11) is 0. The lowest BCUT2D eigenvalue weighted by Crippen LogP contribution is -2.50. The molecule has 0 aliphatic heterocycles. The lowest BCUT2D eigenvalue weighted by Gasteiger charge is -2.56. The Hall–Kier alpha value is -1.26. The Morgan fingerprint density at radius 2 is 1.81 bits per heavy atom. The Balaban J connectivity index is 1.62. The van der Waals surface area contributed by atoms with Gasteiger partial charge in [-0.05, 0) is 68.1 Å². The molecule has 1 unspecified atom stereocenters. The van der Waals surface area contributed by atoms with E-state index >= 15 is 0 Å². The van der Waals surface area contributed by atoms with Gasteiger partial charge in [0.1, 0.15) is 0 Å². The Morgan fingerprint density at radius 1 is 1.29 bits per heavy atom. The summed E-state index contributed by atoms with van der Waals surface area (Å²) < 4.78 is 0. The fourth-order valence-electron chi connectivity index (χ4n) is 5.55. The number of carbonyl (C=O) groups is 1. The number of carbonyl (C=O) groups excluding carboxylic acids is 1. The summed E-state index contributed by atoms with van der Waals surface area (Å²) in [5.41, 5.74) is 5.86. The molecule has 4 rings (SSSR count). The normalized spacial score (nSPS) is 39.3. The van der Waals surface area contributed by atoms with Crippen molar-refractivity contribution in [2.45, 2.75) is 64.3 Å². The van der Waals surface area contributed by atoms with E-state index in [-0.39, 0.29) is 23.2 Å². The third-order valence-corrected chi connectivity index (χ3v) is 5.92. The smallest absolute Gasteiger partial charge is 0.221 e. The zero-order valence-corrected chi connectivity index (χ0v) is 12.8. The molecule has 21 heavy (non-hydrogen) atoms. The van der Waals surface area contributed by atoms with Gasteiger partial charge in [-0.15, -0.1) is 0 Å². The van der Waals surface area contributed by atoms with Crippen LogP contribution in [-0.2, 0) is 4.79 Å². The molecule has 0 aromatic rings. The van der Waals surface area contributed by atoms with Gasteiger partial charge in [0.15, 0.2) is 5.84 Å². The van der Waals surface area contributed by atoms with E-state index < -0.39 is 0 Å². The van der Waals surface area contributed by atoms with E-state index in [0.717, 1.165) is 17.8 Å². The number of nitrogens with two attached hydrogens (primary N) is 1. The number of amides is 1. The molecule has 0 radical (unpaired) electrons. The molecule has 0 spiro atoms. The third-order valence-electron chi connectivity index (χ3n) is 5.92. The van der Waals surface area contributed by atoms with Crippen LogP contribution in [0, 0.1) is 23.2 Å². The molecule has 118 valence electrons. The number of oxime groups is 1. The predicted molar refractivity (Wildman–Crippen MR) is 80.9 cm³/mol. The lowest BCUT2D eigenvalue weighted by atomic mass is 9.49. The highest BCUT2D eigenvalue weighted by Crippen LogP contribution is 2.61. The largest absolute Gasteiger partial charge is 0.409 e. The summed E-state index contributed by atoms with van der Waals surface area (Å²) in [5, 5.41) is 14.7. The molecule has 4 bridgehead atoms. The molecule has 5 heteroatoms. The van der Waals surface area contributed by atoms with Crippen LogP contribution in [0.5, 0.6) is 0 Å². The summed E-state index contributed by atoms with van der Waals surface area (Å²) in [5.74, 6) is 2.73. The van der Waals surface area contributed by atoms with Crippen LogP contribution in [0.25, 0.3) is 0 Å². The highest BCUT2D eigenvalue weighted by molar-refractivity contribution is 5.90. The molecule has 4 N–H and O–H groups in total. The predicted octanol–water partition coefficient (Wildman–Crippen LogP) is 2.23. The van der Waals surface area contributed by atoms with Gasteiger partial charge >= 0.3 is 0 Å². The van der Waals surface area contributed by atoms with Crippen LogP contribution >= 0.6 is 0 Å². The van der Waals surface area contributed by atoms with E-state index in [9.17, 15) is 4.79 Å². The van der Waals surface area contributed by atoms with Crippen LogP contribution < -0.4 is 11.1 Å². The van der Waals surface area contributed by atoms with Crippen molar-refractivity contribution >= 4 is 11.7 Å². The minimum absolute atomic E-state index is 0.0652. The Morgan fingerprint density at radius 3 is 2.24 bits per heavy atom. The van der Waals surface area contributed by atoms with Crippen molar-refractivity contribution in [3.05, 3.63) is 0 Å². The average molecular weight is 293 g/mol. The summed E-state index contributed by atoms with van der Waals surface area (Å²) in [6, 6.07) is -0.351. The topological polar surface area (TPSA) is 87.7 Å². The molecule has 4 fully saturated rings. The number of amidine groups is 1. The fraction of sp³-hybridized carbons (Fsp3) is 0.875. The standard InChI is InChI=1S/C16H27N3O2/c1-2-13(15(17)19-21)18-14(20)9-16-6-10-3-11(7-16)5-12(4-10)8-16/h10-13,21H,2-9H2,1H3,(H2,17,19)(H,18,20). The molecule has 0 aromatic carbocycles. The van der Waals surface area contributed by atoms with E-state index in [4.69, 9.17) is 10.9 Å². The number of hydrogen-bond donors (Lipinski definition) is 3. The van der Waals surface area contributed by atoms with Crippen LogP contribution in [0.4, 0.5) is 0 Å². The highest BCUT2D eigenvalue weighted by atomic mass is 16.4. The van der Waals surface area contributed by atoms with Crippen molar-refractivity contribution in [2.24, 2.45) is 34.1 Å². The molecular weight excluding hydrogens is 266 g/mol. The highest BCUT2D eigenvalue weighted by Gasteiger charge is 2.51. The number of nitrogens with zero attached hydrogens (tertiary/aromatic N) is 1. The van der Waals surface area contributed by atoms with E-state index in [1.807, 2.05) is 6.92 Å². The van der Waals surface area contributed by atoms with Crippen molar-refractivity contribution in [3.8, 4) is 0 Å². The van der Waals surface area contributed by atoms with Gasteiger partial charge in [-0.2, -0.15) is 0 Å². The fourth-order valence-corrected chi connectivity index (χ4v) is 5.55. The summed E-state index contributed by atoms with van der Waals surface area (Å²) in [4.78, 5) is 12.4. The maximum Gasteiger partial charge on any atom is 0.221 e. The van der Waals surface area contributed by atoms with Crippen molar-refractivity contribution < 1.29 is 10.0 Å². The second-order valence-electron chi connectivity index (χ2n) is 7.65. The first-order chi connectivity index (χ1) is 10.0. The maximum absolute atomic E-state index is 12.4. The Labute approximate surface area is 126 Å². The van der Waals surface area contributed by atoms with Crippen LogP contribution in [0.15, 0.2) is 5.16 Å². The summed E-state index contributed by atoms with van der Waals surface area (Å²) in [6.45, 7) is 1.92. The number of nitrogens with one attached hydrogen (secondary N) is 1. The molecule has 4 aliphatic rings. The van der Waals surface area contributed by atoms with Crippen molar-refractivity contribution in [1.29, 1.82) is 0 Å². The second kappa shape index (κ2) is 5.50. The first-order valence-electron chi connectivity index (χ1n) is 8.30. The number of hydrogen-bond acceptors (Lipinski definition) is 3. The van der Waals surface area contributed by atoms with Crippen LogP contribution in [-0.4, -0.2) is 23.0 Å². The minimum atomic E-state index is -0.351. The first-order valence-corrected chi connectivity index (χ1v) is 8.30. The summed E-state index contributed by atoms with van der Waals surface area (Å²) >= 11 is 0. The van der Waals surface area contributed by atoms with Gasteiger partial charge in [-0.1, -0.05) is 12.1 Å². The lowest BCUT2D eigenvalue weighted by molar-refractivity contribution is -0.129. The average Bonchev–Trinajstić information content (AvgIpc) is 2.41. The van der Waals surface area contributed by atoms with Crippen LogP contribution in [0.3, 0.4) is 0 Å². The monoisotopic (exact) mass is 293 g/mol. The van der Waals surface area contributed by atoms with Crippen molar-refractivity contribution in [2.75, 3.05) is 0 Å². The maximum atomic E-state index is 12.4. The van der Waals surface area contributed by atoms with Crippen molar-refractivity contribution in [3.63, 3.8) is 0 Å². The third kappa shape index (κ3) is 2.87. The zero-order valence-electron chi connectivity index (χ0n) is 12.8. The summed E-state index contributed by atoms with van der Waals surface area (Å²) in [6.07, 6.45) is 9.12. The molecular formula is C16H27N3O2. The van der Waals surface area contributed by atoms with Gasteiger partial charge in [0, 0.05) is 6.42 Å². The van der Waals surface area contributed by atoms with Gasteiger partial charge in [0.25, 0.3) is 0 Å². The van der Waals surface area contributed by atoms with Crippen LogP contribution in [0.1, 0.15) is 58.3 Å². The molecule has 5 nitrogen and oxygen atoms in total. The van der Waals surface area contributed by atoms with Gasteiger partial charge in [0.2, 0.25) is 5.91 Å². The van der Waals surface area contributed by atoms with Gasteiger partial charge in [-0.25, -0.2) is 0 Å². The molecule has 0 saturated heterocycles. The van der Waals surface area contributed by atoms with Gasteiger partial charge < -0.3 is 16.3 Å². The molecule has 1 amide bonds. The van der Waals surface area contributed by atoms with Gasteiger partial charge in [0.05, 0.1) is 6.04 Å². The minimum Gasteiger partial charge on any atom is -0.409 e. The second-order valence-corrected chi connectivity index (χ2v) is 7.65. The molecule has 1 atom stereocenters. The van der Waals surface area contributed by atoms with Crippen LogP contribution in [0.2, 0.25) is 0 Å². The molecule has 4 aliphatic carbocycles. The Bertz CT molecular complexity index is 412. The van der Waals surface area contributed by atoms with E-state index in [2.05, 4.69) is 10.5 Å².